The molecule has 1 unspecified atom stereocenters. The second-order valence-corrected chi connectivity index (χ2v) is 3.68. The maximum Gasteiger partial charge on any atom is 0.0357 e. The van der Waals surface area contributed by atoms with Crippen LogP contribution < -0.4 is 5.32 Å². The lowest BCUT2D eigenvalue weighted by Gasteiger charge is -2.18. The topological polar surface area (TPSA) is 12.0 Å². The van der Waals surface area contributed by atoms with Gasteiger partial charge in [-0.1, -0.05) is 42.8 Å². The number of benzene rings is 1. The van der Waals surface area contributed by atoms with E-state index in [4.69, 9.17) is 0 Å². The third-order valence-electron chi connectivity index (χ3n) is 2.21. The van der Waals surface area contributed by atoms with Gasteiger partial charge in [0.05, 0.1) is 0 Å². The number of nitrogens with one attached hydrogen (secondary N) is 1. The van der Waals surface area contributed by atoms with Gasteiger partial charge in [0.2, 0.25) is 0 Å². The van der Waals surface area contributed by atoms with Gasteiger partial charge < -0.3 is 5.32 Å². The zero-order valence-corrected chi connectivity index (χ0v) is 9.09. The molecule has 1 atom stereocenters. The van der Waals surface area contributed by atoms with E-state index in [0.29, 0.717) is 6.04 Å². The molecule has 76 valence electrons. The monoisotopic (exact) mass is 189 g/mol. The molecule has 1 rings (SSSR count). The molecule has 0 aliphatic heterocycles. The number of hydrogen-bond donors (Lipinski definition) is 1. The lowest BCUT2D eigenvalue weighted by atomic mass is 10.0. The predicted molar refractivity (Wildman–Crippen MR) is 62.3 cm³/mol. The summed E-state index contributed by atoms with van der Waals surface area (Å²) in [6, 6.07) is 11.0. The summed E-state index contributed by atoms with van der Waals surface area (Å²) in [6.45, 7) is 9.17. The summed E-state index contributed by atoms with van der Waals surface area (Å²) in [6.07, 6.45) is 1.01. The van der Waals surface area contributed by atoms with Crippen LogP contribution in [-0.2, 0) is 0 Å². The van der Waals surface area contributed by atoms with Gasteiger partial charge in [0.15, 0.2) is 0 Å². The van der Waals surface area contributed by atoms with E-state index in [1.807, 2.05) is 6.07 Å². The van der Waals surface area contributed by atoms with Gasteiger partial charge in [-0.25, -0.2) is 0 Å². The van der Waals surface area contributed by atoms with Gasteiger partial charge in [0.1, 0.15) is 0 Å². The Morgan fingerprint density at radius 1 is 1.36 bits per heavy atom. The van der Waals surface area contributed by atoms with Crippen LogP contribution in [-0.4, -0.2) is 6.54 Å². The van der Waals surface area contributed by atoms with E-state index >= 15 is 0 Å². The quantitative estimate of drug-likeness (QED) is 0.701. The maximum atomic E-state index is 3.96. The average molecular weight is 189 g/mol. The second kappa shape index (κ2) is 5.61. The van der Waals surface area contributed by atoms with E-state index in [2.05, 4.69) is 50.0 Å². The molecule has 0 saturated heterocycles. The van der Waals surface area contributed by atoms with Crippen molar-refractivity contribution < 1.29 is 0 Å². The minimum atomic E-state index is 0.415. The van der Waals surface area contributed by atoms with E-state index in [1.54, 1.807) is 0 Å². The molecule has 0 saturated carbocycles. The Morgan fingerprint density at radius 3 is 2.50 bits per heavy atom. The van der Waals surface area contributed by atoms with Crippen LogP contribution >= 0.6 is 0 Å². The summed E-state index contributed by atoms with van der Waals surface area (Å²) in [4.78, 5) is 0. The van der Waals surface area contributed by atoms with Crippen LogP contribution in [0.15, 0.2) is 42.5 Å². The van der Waals surface area contributed by atoms with Crippen molar-refractivity contribution >= 4 is 0 Å². The summed E-state index contributed by atoms with van der Waals surface area (Å²) in [5.74, 6) is 0. The SMILES string of the molecule is C=C(C)CC(NCC)c1ccccc1. The van der Waals surface area contributed by atoms with Gasteiger partial charge in [-0.2, -0.15) is 0 Å². The normalized spacial score (nSPS) is 12.4. The molecule has 1 heteroatoms. The van der Waals surface area contributed by atoms with E-state index in [-0.39, 0.29) is 0 Å². The van der Waals surface area contributed by atoms with Crippen molar-refractivity contribution in [2.75, 3.05) is 6.54 Å². The Balaban J connectivity index is 2.72. The highest BCUT2D eigenvalue weighted by Crippen LogP contribution is 2.19. The van der Waals surface area contributed by atoms with Crippen LogP contribution in [0.4, 0.5) is 0 Å². The van der Waals surface area contributed by atoms with Gasteiger partial charge in [-0.15, -0.1) is 6.58 Å². The van der Waals surface area contributed by atoms with E-state index in [1.165, 1.54) is 11.1 Å². The Hall–Kier alpha value is -1.08. The first-order valence-electron chi connectivity index (χ1n) is 5.16. The first-order valence-corrected chi connectivity index (χ1v) is 5.16. The smallest absolute Gasteiger partial charge is 0.0357 e. The zero-order valence-electron chi connectivity index (χ0n) is 9.09. The summed E-state index contributed by atoms with van der Waals surface area (Å²) in [5, 5.41) is 3.47. The molecule has 0 amide bonds. The molecule has 0 fully saturated rings. The van der Waals surface area contributed by atoms with Crippen molar-refractivity contribution in [3.8, 4) is 0 Å². The van der Waals surface area contributed by atoms with Crippen molar-refractivity contribution in [2.24, 2.45) is 0 Å². The van der Waals surface area contributed by atoms with Crippen molar-refractivity contribution in [3.63, 3.8) is 0 Å². The lowest BCUT2D eigenvalue weighted by molar-refractivity contribution is 0.548. The fraction of sp³-hybridized carbons (Fsp3) is 0.385. The zero-order chi connectivity index (χ0) is 10.4. The standard InChI is InChI=1S/C13H19N/c1-4-14-13(10-11(2)3)12-8-6-5-7-9-12/h5-9,13-14H,2,4,10H2,1,3H3. The van der Waals surface area contributed by atoms with Crippen LogP contribution in [0.1, 0.15) is 31.9 Å². The van der Waals surface area contributed by atoms with Crippen LogP contribution in [0.5, 0.6) is 0 Å². The third kappa shape index (κ3) is 3.35. The fourth-order valence-electron chi connectivity index (χ4n) is 1.59. The van der Waals surface area contributed by atoms with Crippen LogP contribution in [0.2, 0.25) is 0 Å². The summed E-state index contributed by atoms with van der Waals surface area (Å²) < 4.78 is 0. The molecule has 1 aromatic carbocycles. The molecule has 0 spiro atoms. The minimum Gasteiger partial charge on any atom is -0.310 e. The van der Waals surface area contributed by atoms with Gasteiger partial charge in [0, 0.05) is 6.04 Å². The van der Waals surface area contributed by atoms with Crippen molar-refractivity contribution in [1.29, 1.82) is 0 Å². The molecule has 0 radical (unpaired) electrons. The number of hydrogen-bond acceptors (Lipinski definition) is 1. The molecule has 1 nitrogen and oxygen atoms in total. The average Bonchev–Trinajstić information content (AvgIpc) is 2.18. The Labute approximate surface area is 86.8 Å². The van der Waals surface area contributed by atoms with E-state index in [9.17, 15) is 0 Å². The molecule has 0 heterocycles. The lowest BCUT2D eigenvalue weighted by Crippen LogP contribution is -2.20. The molecule has 0 bridgehead atoms. The molecular formula is C13H19N. The first kappa shape index (κ1) is 11.0. The molecular weight excluding hydrogens is 170 g/mol. The van der Waals surface area contributed by atoms with Crippen molar-refractivity contribution in [3.05, 3.63) is 48.0 Å². The summed E-state index contributed by atoms with van der Waals surface area (Å²) in [5.41, 5.74) is 2.57. The maximum absolute atomic E-state index is 3.96. The molecule has 0 aliphatic carbocycles. The minimum absolute atomic E-state index is 0.415. The third-order valence-corrected chi connectivity index (χ3v) is 2.21. The molecule has 1 N–H and O–H groups in total. The number of rotatable bonds is 5. The highest BCUT2D eigenvalue weighted by Gasteiger charge is 2.08. The van der Waals surface area contributed by atoms with Gasteiger partial charge in [-0.3, -0.25) is 0 Å². The van der Waals surface area contributed by atoms with Crippen molar-refractivity contribution in [2.45, 2.75) is 26.3 Å². The Bertz CT molecular complexity index is 277. The van der Waals surface area contributed by atoms with Gasteiger partial charge >= 0.3 is 0 Å². The molecule has 0 aromatic heterocycles. The molecule has 14 heavy (non-hydrogen) atoms. The van der Waals surface area contributed by atoms with Crippen molar-refractivity contribution in [1.82, 2.24) is 5.32 Å². The second-order valence-electron chi connectivity index (χ2n) is 3.68. The van der Waals surface area contributed by atoms with Gasteiger partial charge in [-0.05, 0) is 25.5 Å². The summed E-state index contributed by atoms with van der Waals surface area (Å²) >= 11 is 0. The van der Waals surface area contributed by atoms with Crippen LogP contribution in [0.25, 0.3) is 0 Å². The van der Waals surface area contributed by atoms with E-state index in [0.717, 1.165) is 13.0 Å². The van der Waals surface area contributed by atoms with E-state index < -0.39 is 0 Å². The van der Waals surface area contributed by atoms with Crippen LogP contribution in [0.3, 0.4) is 0 Å². The summed E-state index contributed by atoms with van der Waals surface area (Å²) in [7, 11) is 0. The highest BCUT2D eigenvalue weighted by molar-refractivity contribution is 5.20. The molecule has 1 aromatic rings. The molecule has 0 aliphatic rings. The predicted octanol–water partition coefficient (Wildman–Crippen LogP) is 3.30. The first-order chi connectivity index (χ1) is 6.74. The highest BCUT2D eigenvalue weighted by atomic mass is 14.9. The fourth-order valence-corrected chi connectivity index (χ4v) is 1.59. The van der Waals surface area contributed by atoms with Crippen LogP contribution in [0, 0.1) is 0 Å². The van der Waals surface area contributed by atoms with Gasteiger partial charge in [0.25, 0.3) is 0 Å². The Morgan fingerprint density at radius 2 is 2.00 bits per heavy atom. The largest absolute Gasteiger partial charge is 0.310 e. The Kier molecular flexibility index (Phi) is 4.41.